The maximum absolute atomic E-state index is 12.2. The van der Waals surface area contributed by atoms with Gasteiger partial charge in [-0.15, -0.1) is 0 Å². The van der Waals surface area contributed by atoms with Gasteiger partial charge in [0, 0.05) is 6.16 Å². The third kappa shape index (κ3) is 8.46. The molecule has 0 amide bonds. The Bertz CT molecular complexity index is 433. The maximum Gasteiger partial charge on any atom is 0.328 e. The van der Waals surface area contributed by atoms with Crippen molar-refractivity contribution in [1.82, 2.24) is 0 Å². The molecular weight excluding hydrogens is 375 g/mol. The molecule has 162 valence electrons. The summed E-state index contributed by atoms with van der Waals surface area (Å²) in [6.07, 6.45) is 0.109. The summed E-state index contributed by atoms with van der Waals surface area (Å²) in [6, 6.07) is 0. The van der Waals surface area contributed by atoms with Crippen LogP contribution >= 0.6 is 7.60 Å². The number of hydrogen-bond acceptors (Lipinski definition) is 7. The van der Waals surface area contributed by atoms with Gasteiger partial charge in [0.05, 0.1) is 0 Å². The van der Waals surface area contributed by atoms with E-state index in [9.17, 15) is 35.0 Å². The maximum atomic E-state index is 12.2. The molecule has 27 heavy (non-hydrogen) atoms. The largest absolute Gasteiger partial charge is 0.387 e. The second-order valence-electron chi connectivity index (χ2n) is 7.57. The Morgan fingerprint density at radius 3 is 1.48 bits per heavy atom. The summed E-state index contributed by atoms with van der Waals surface area (Å²) in [4.78, 5) is 9.95. The summed E-state index contributed by atoms with van der Waals surface area (Å²) in [5, 5.41) is 48.5. The molecule has 0 saturated heterocycles. The first-order valence-corrected chi connectivity index (χ1v) is 11.9. The molecule has 1 aliphatic rings. The van der Waals surface area contributed by atoms with E-state index in [1.807, 2.05) is 0 Å². The number of hydrogen-bond donors (Lipinski definition) is 6. The van der Waals surface area contributed by atoms with Crippen LogP contribution in [0.25, 0.3) is 0 Å². The fourth-order valence-electron chi connectivity index (χ4n) is 3.36. The minimum atomic E-state index is -4.11. The molecule has 0 aromatic rings. The predicted octanol–water partition coefficient (Wildman–Crippen LogP) is 1.30. The summed E-state index contributed by atoms with van der Waals surface area (Å²) in [6.45, 7) is 2.19. The Balaban J connectivity index is 2.26. The fourth-order valence-corrected chi connectivity index (χ4v) is 4.72. The first-order valence-electron chi connectivity index (χ1n) is 10.1. The molecule has 6 N–H and O–H groups in total. The van der Waals surface area contributed by atoms with Crippen molar-refractivity contribution >= 4 is 7.60 Å². The lowest BCUT2D eigenvalue weighted by molar-refractivity contribution is -0.217. The van der Waals surface area contributed by atoms with E-state index in [1.54, 1.807) is 0 Å². The molecule has 0 aliphatic heterocycles. The van der Waals surface area contributed by atoms with Gasteiger partial charge in [0.25, 0.3) is 0 Å². The molecule has 0 aromatic heterocycles. The first-order chi connectivity index (χ1) is 12.7. The van der Waals surface area contributed by atoms with Gasteiger partial charge in [-0.3, -0.25) is 9.09 Å². The molecule has 0 aromatic carbocycles. The van der Waals surface area contributed by atoms with Crippen molar-refractivity contribution in [3.63, 3.8) is 0 Å². The molecule has 9 heteroatoms. The zero-order valence-corrected chi connectivity index (χ0v) is 17.1. The number of unbranched alkanes of at least 4 members (excludes halogenated alkanes) is 9. The second-order valence-corrected chi connectivity index (χ2v) is 9.50. The topological polar surface area (TPSA) is 148 Å². The third-order valence-electron chi connectivity index (χ3n) is 5.15. The number of aliphatic hydroxyl groups is 5. The molecule has 1 saturated carbocycles. The Morgan fingerprint density at radius 2 is 1.04 bits per heavy atom. The van der Waals surface area contributed by atoms with E-state index < -0.39 is 44.2 Å². The van der Waals surface area contributed by atoms with Gasteiger partial charge in [-0.25, -0.2) is 0 Å². The molecule has 0 radical (unpaired) electrons. The lowest BCUT2D eigenvalue weighted by Gasteiger charge is -2.41. The lowest BCUT2D eigenvalue weighted by atomic mass is 9.85. The SMILES string of the molecule is CCCCCCCCCCCCP(=O)(O)OC1[C@H](O)[C@H](O)C(O)[C@H](O)[C@H]1O. The van der Waals surface area contributed by atoms with Gasteiger partial charge in [-0.2, -0.15) is 0 Å². The van der Waals surface area contributed by atoms with Crippen molar-refractivity contribution in [2.24, 2.45) is 0 Å². The van der Waals surface area contributed by atoms with Crippen molar-refractivity contribution < 1.29 is 39.5 Å². The highest BCUT2D eigenvalue weighted by atomic mass is 31.2. The van der Waals surface area contributed by atoms with E-state index in [2.05, 4.69) is 6.92 Å². The van der Waals surface area contributed by atoms with Gasteiger partial charge in [-0.05, 0) is 6.42 Å². The first kappa shape index (κ1) is 25.0. The van der Waals surface area contributed by atoms with E-state index in [-0.39, 0.29) is 6.16 Å². The van der Waals surface area contributed by atoms with Crippen LogP contribution in [0.5, 0.6) is 0 Å². The summed E-state index contributed by atoms with van der Waals surface area (Å²) in [7, 11) is -4.11. The summed E-state index contributed by atoms with van der Waals surface area (Å²) in [5.74, 6) is 0. The third-order valence-corrected chi connectivity index (χ3v) is 6.61. The molecule has 1 rings (SSSR count). The molecule has 1 fully saturated rings. The van der Waals surface area contributed by atoms with Crippen LogP contribution in [0.15, 0.2) is 0 Å². The smallest absolute Gasteiger partial charge is 0.328 e. The van der Waals surface area contributed by atoms with Crippen molar-refractivity contribution in [3.05, 3.63) is 0 Å². The van der Waals surface area contributed by atoms with Gasteiger partial charge in [-0.1, -0.05) is 64.7 Å². The van der Waals surface area contributed by atoms with Crippen LogP contribution in [0, 0.1) is 0 Å². The van der Waals surface area contributed by atoms with E-state index >= 15 is 0 Å². The van der Waals surface area contributed by atoms with E-state index in [4.69, 9.17) is 4.52 Å². The minimum absolute atomic E-state index is 0.131. The highest BCUT2D eigenvalue weighted by Gasteiger charge is 2.50. The normalized spacial score (nSPS) is 33.7. The van der Waals surface area contributed by atoms with Crippen molar-refractivity contribution in [2.45, 2.75) is 108 Å². The van der Waals surface area contributed by atoms with Crippen LogP contribution in [0.1, 0.15) is 71.1 Å². The minimum Gasteiger partial charge on any atom is -0.387 e. The standard InChI is InChI=1S/C18H37O8P/c1-2-3-4-5-6-7-8-9-10-11-12-27(24,25)26-18-16(22)14(20)13(19)15(21)17(18)23/h13-23H,2-12H2,1H3,(H,24,25)/t13?,14-,15+,16-,17-,18?/m1/s1. The molecule has 0 heterocycles. The van der Waals surface area contributed by atoms with Crippen LogP contribution in [0.3, 0.4) is 0 Å². The molecule has 1 aliphatic carbocycles. The van der Waals surface area contributed by atoms with Gasteiger partial charge < -0.3 is 30.4 Å². The summed E-state index contributed by atoms with van der Waals surface area (Å²) in [5.41, 5.74) is 0. The molecule has 0 bridgehead atoms. The molecule has 3 unspecified atom stereocenters. The van der Waals surface area contributed by atoms with Crippen LogP contribution in [-0.2, 0) is 9.09 Å². The average Bonchev–Trinajstić information content (AvgIpc) is 2.63. The zero-order chi connectivity index (χ0) is 20.4. The predicted molar refractivity (Wildman–Crippen MR) is 101 cm³/mol. The molecule has 7 atom stereocenters. The molecule has 8 nitrogen and oxygen atoms in total. The Kier molecular flexibility index (Phi) is 11.6. The van der Waals surface area contributed by atoms with Gasteiger partial charge in [0.15, 0.2) is 0 Å². The number of aliphatic hydroxyl groups excluding tert-OH is 5. The van der Waals surface area contributed by atoms with Crippen LogP contribution in [-0.4, -0.2) is 73.2 Å². The Hall–Kier alpha value is -0.0500. The Labute approximate surface area is 161 Å². The van der Waals surface area contributed by atoms with E-state index in [0.29, 0.717) is 6.42 Å². The highest BCUT2D eigenvalue weighted by molar-refractivity contribution is 7.52. The quantitative estimate of drug-likeness (QED) is 0.196. The lowest BCUT2D eigenvalue weighted by Crippen LogP contribution is -2.64. The molecular formula is C18H37O8P. The van der Waals surface area contributed by atoms with Crippen molar-refractivity contribution in [3.8, 4) is 0 Å². The summed E-state index contributed by atoms with van der Waals surface area (Å²) >= 11 is 0. The van der Waals surface area contributed by atoms with Crippen LogP contribution in [0.4, 0.5) is 0 Å². The average molecular weight is 412 g/mol. The summed E-state index contributed by atoms with van der Waals surface area (Å²) < 4.78 is 17.1. The number of rotatable bonds is 13. The molecule has 0 spiro atoms. The zero-order valence-electron chi connectivity index (χ0n) is 16.2. The van der Waals surface area contributed by atoms with Gasteiger partial charge >= 0.3 is 7.60 Å². The van der Waals surface area contributed by atoms with Crippen LogP contribution in [0.2, 0.25) is 0 Å². The van der Waals surface area contributed by atoms with Crippen molar-refractivity contribution in [2.75, 3.05) is 6.16 Å². The van der Waals surface area contributed by atoms with Gasteiger partial charge in [0.1, 0.15) is 36.6 Å². The van der Waals surface area contributed by atoms with Crippen molar-refractivity contribution in [1.29, 1.82) is 0 Å². The van der Waals surface area contributed by atoms with E-state index in [0.717, 1.165) is 25.7 Å². The highest BCUT2D eigenvalue weighted by Crippen LogP contribution is 2.46. The van der Waals surface area contributed by atoms with Crippen LogP contribution < -0.4 is 0 Å². The monoisotopic (exact) mass is 412 g/mol. The van der Waals surface area contributed by atoms with E-state index in [1.165, 1.54) is 32.1 Å². The fraction of sp³-hybridized carbons (Fsp3) is 1.00. The Morgan fingerprint density at radius 1 is 0.667 bits per heavy atom. The van der Waals surface area contributed by atoms with Gasteiger partial charge in [0.2, 0.25) is 0 Å². The second kappa shape index (κ2) is 12.5.